The van der Waals surface area contributed by atoms with Crippen LogP contribution in [0.25, 0.3) is 0 Å². The number of hydrogen-bond donors (Lipinski definition) is 2. The van der Waals surface area contributed by atoms with Crippen molar-refractivity contribution in [1.82, 2.24) is 9.03 Å². The summed E-state index contributed by atoms with van der Waals surface area (Å²) in [4.78, 5) is 10.5. The van der Waals surface area contributed by atoms with Crippen molar-refractivity contribution in [1.29, 1.82) is 0 Å². The highest BCUT2D eigenvalue weighted by Crippen LogP contribution is 2.00. The highest BCUT2D eigenvalue weighted by molar-refractivity contribution is 7.87. The number of carboxylic acid groups (broad SMARTS) is 1. The number of carboxylic acids is 1. The van der Waals surface area contributed by atoms with Crippen LogP contribution >= 0.6 is 0 Å². The molecule has 0 bridgehead atoms. The number of methoxy groups -OCH3 is 1. The Hall–Kier alpha value is -0.700. The molecule has 17 heavy (non-hydrogen) atoms. The summed E-state index contributed by atoms with van der Waals surface area (Å²) in [5.41, 5.74) is 0. The van der Waals surface area contributed by atoms with Crippen LogP contribution in [0.3, 0.4) is 0 Å². The maximum absolute atomic E-state index is 11.7. The van der Waals surface area contributed by atoms with E-state index < -0.39 is 22.3 Å². The molecule has 1 atom stereocenters. The largest absolute Gasteiger partial charge is 0.481 e. The predicted octanol–water partition coefficient (Wildman–Crippen LogP) is -0.348. The van der Waals surface area contributed by atoms with Crippen LogP contribution in [0.1, 0.15) is 20.3 Å². The average molecular weight is 268 g/mol. The molecule has 0 aromatic rings. The van der Waals surface area contributed by atoms with E-state index in [0.717, 1.165) is 0 Å². The minimum absolute atomic E-state index is 0.0539. The number of hydrogen-bond acceptors (Lipinski definition) is 4. The summed E-state index contributed by atoms with van der Waals surface area (Å²) in [7, 11) is -2.21. The van der Waals surface area contributed by atoms with E-state index in [1.54, 1.807) is 13.8 Å². The molecule has 0 rings (SSSR count). The smallest absolute Gasteiger partial charge is 0.306 e. The molecule has 2 N–H and O–H groups in total. The maximum Gasteiger partial charge on any atom is 0.306 e. The van der Waals surface area contributed by atoms with Gasteiger partial charge in [0.2, 0.25) is 0 Å². The summed E-state index contributed by atoms with van der Waals surface area (Å²) in [6.45, 7) is 4.13. The fourth-order valence-corrected chi connectivity index (χ4v) is 2.55. The van der Waals surface area contributed by atoms with Gasteiger partial charge in [-0.25, -0.2) is 0 Å². The van der Waals surface area contributed by atoms with Crippen LogP contribution in [0.2, 0.25) is 0 Å². The van der Waals surface area contributed by atoms with Crippen LogP contribution < -0.4 is 4.72 Å². The monoisotopic (exact) mass is 268 g/mol. The number of nitrogens with zero attached hydrogens (tertiary/aromatic N) is 1. The van der Waals surface area contributed by atoms with Gasteiger partial charge in [-0.05, 0) is 0 Å². The van der Waals surface area contributed by atoms with Crippen LogP contribution in [0.15, 0.2) is 0 Å². The molecule has 0 fully saturated rings. The summed E-state index contributed by atoms with van der Waals surface area (Å²) in [5, 5.41) is 8.58. The van der Waals surface area contributed by atoms with E-state index >= 15 is 0 Å². The van der Waals surface area contributed by atoms with Gasteiger partial charge in [-0.15, -0.1) is 0 Å². The normalized spacial score (nSPS) is 13.9. The van der Waals surface area contributed by atoms with E-state index in [4.69, 9.17) is 9.84 Å². The molecule has 0 heterocycles. The zero-order chi connectivity index (χ0) is 13.5. The zero-order valence-electron chi connectivity index (χ0n) is 10.3. The molecule has 0 aliphatic rings. The second kappa shape index (κ2) is 7.59. The highest BCUT2D eigenvalue weighted by Gasteiger charge is 2.21. The Balaban J connectivity index is 4.37. The van der Waals surface area contributed by atoms with Crippen molar-refractivity contribution in [3.8, 4) is 0 Å². The Bertz CT molecular complexity index is 326. The number of nitrogens with one attached hydrogen (secondary N) is 1. The molecule has 0 aromatic carbocycles. The summed E-state index contributed by atoms with van der Waals surface area (Å²) >= 11 is 0. The standard InChI is InChI=1S/C9H20N2O5S/c1-4-11(5-2)17(14,15)10-7-8(16-3)6-9(12)13/h8,10H,4-7H2,1-3H3,(H,12,13). The first kappa shape index (κ1) is 16.3. The zero-order valence-corrected chi connectivity index (χ0v) is 11.2. The molecule has 0 aromatic heterocycles. The molecule has 8 heteroatoms. The number of ether oxygens (including phenoxy) is 1. The summed E-state index contributed by atoms with van der Waals surface area (Å²) in [6.07, 6.45) is -0.907. The van der Waals surface area contributed by atoms with Crippen molar-refractivity contribution >= 4 is 16.2 Å². The van der Waals surface area contributed by atoms with Crippen LogP contribution in [-0.4, -0.2) is 56.6 Å². The fourth-order valence-electron chi connectivity index (χ4n) is 1.29. The molecule has 0 amide bonds. The van der Waals surface area contributed by atoms with Crippen LogP contribution in [0.4, 0.5) is 0 Å². The highest BCUT2D eigenvalue weighted by atomic mass is 32.2. The molecule has 0 saturated heterocycles. The summed E-state index contributed by atoms with van der Waals surface area (Å²) < 4.78 is 31.9. The van der Waals surface area contributed by atoms with Crippen molar-refractivity contribution in [3.05, 3.63) is 0 Å². The van der Waals surface area contributed by atoms with Gasteiger partial charge in [0, 0.05) is 26.7 Å². The van der Waals surface area contributed by atoms with Gasteiger partial charge in [0.25, 0.3) is 10.2 Å². The topological polar surface area (TPSA) is 95.9 Å². The van der Waals surface area contributed by atoms with Gasteiger partial charge < -0.3 is 9.84 Å². The molecular weight excluding hydrogens is 248 g/mol. The van der Waals surface area contributed by atoms with Crippen molar-refractivity contribution < 1.29 is 23.1 Å². The number of rotatable bonds is 9. The van der Waals surface area contributed by atoms with Gasteiger partial charge in [-0.1, -0.05) is 13.8 Å². The lowest BCUT2D eigenvalue weighted by atomic mass is 10.2. The van der Waals surface area contributed by atoms with Crippen molar-refractivity contribution in [2.45, 2.75) is 26.4 Å². The van der Waals surface area contributed by atoms with E-state index in [-0.39, 0.29) is 13.0 Å². The predicted molar refractivity (Wildman–Crippen MR) is 62.9 cm³/mol. The third-order valence-corrected chi connectivity index (χ3v) is 4.00. The molecule has 0 saturated carbocycles. The molecule has 7 nitrogen and oxygen atoms in total. The second-order valence-electron chi connectivity index (χ2n) is 3.39. The SMILES string of the molecule is CCN(CC)S(=O)(=O)NCC(CC(=O)O)OC. The van der Waals surface area contributed by atoms with Gasteiger partial charge in [-0.3, -0.25) is 4.79 Å². The first-order valence-corrected chi connectivity index (χ1v) is 6.80. The first-order chi connectivity index (χ1) is 7.87. The Morgan fingerprint density at radius 1 is 1.41 bits per heavy atom. The van der Waals surface area contributed by atoms with Gasteiger partial charge in [0.15, 0.2) is 0 Å². The molecule has 0 radical (unpaired) electrons. The minimum Gasteiger partial charge on any atom is -0.481 e. The molecule has 0 spiro atoms. The maximum atomic E-state index is 11.7. The van der Waals surface area contributed by atoms with E-state index in [1.165, 1.54) is 11.4 Å². The fraction of sp³-hybridized carbons (Fsp3) is 0.889. The Morgan fingerprint density at radius 2 is 1.94 bits per heavy atom. The van der Waals surface area contributed by atoms with Crippen LogP contribution in [-0.2, 0) is 19.7 Å². The Kier molecular flexibility index (Phi) is 7.28. The lowest BCUT2D eigenvalue weighted by Gasteiger charge is -2.20. The Morgan fingerprint density at radius 3 is 2.29 bits per heavy atom. The van der Waals surface area contributed by atoms with E-state index in [2.05, 4.69) is 4.72 Å². The molecule has 1 unspecified atom stereocenters. The minimum atomic E-state index is -3.55. The number of carbonyl (C=O) groups is 1. The Labute approximate surface area is 102 Å². The van der Waals surface area contributed by atoms with E-state index in [1.807, 2.05) is 0 Å². The number of aliphatic carboxylic acids is 1. The van der Waals surface area contributed by atoms with Crippen molar-refractivity contribution in [3.63, 3.8) is 0 Å². The van der Waals surface area contributed by atoms with Crippen molar-refractivity contribution in [2.75, 3.05) is 26.7 Å². The van der Waals surface area contributed by atoms with Gasteiger partial charge >= 0.3 is 5.97 Å². The van der Waals surface area contributed by atoms with E-state index in [9.17, 15) is 13.2 Å². The second-order valence-corrected chi connectivity index (χ2v) is 5.15. The van der Waals surface area contributed by atoms with Crippen LogP contribution in [0, 0.1) is 0 Å². The van der Waals surface area contributed by atoms with Gasteiger partial charge in [0.1, 0.15) is 0 Å². The quantitative estimate of drug-likeness (QED) is 0.596. The average Bonchev–Trinajstić information content (AvgIpc) is 2.25. The van der Waals surface area contributed by atoms with Crippen molar-refractivity contribution in [2.24, 2.45) is 0 Å². The lowest BCUT2D eigenvalue weighted by molar-refractivity contribution is -0.139. The lowest BCUT2D eigenvalue weighted by Crippen LogP contribution is -2.44. The summed E-state index contributed by atoms with van der Waals surface area (Å²) in [6, 6.07) is 0. The third-order valence-electron chi connectivity index (χ3n) is 2.27. The van der Waals surface area contributed by atoms with Crippen LogP contribution in [0.5, 0.6) is 0 Å². The van der Waals surface area contributed by atoms with Gasteiger partial charge in [-0.2, -0.15) is 17.4 Å². The van der Waals surface area contributed by atoms with E-state index in [0.29, 0.717) is 13.1 Å². The molecule has 0 aliphatic heterocycles. The summed E-state index contributed by atoms with van der Waals surface area (Å²) in [5.74, 6) is -1.03. The third kappa shape index (κ3) is 5.97. The molecule has 0 aliphatic carbocycles. The molecule has 102 valence electrons. The molecular formula is C9H20N2O5S. The van der Waals surface area contributed by atoms with Gasteiger partial charge in [0.05, 0.1) is 12.5 Å². The first-order valence-electron chi connectivity index (χ1n) is 5.36.